The van der Waals surface area contributed by atoms with E-state index >= 15 is 0 Å². The Kier molecular flexibility index (Phi) is 4.68. The molecule has 0 saturated carbocycles. The van der Waals surface area contributed by atoms with E-state index in [1.54, 1.807) is 35.5 Å². The van der Waals surface area contributed by atoms with Crippen LogP contribution in [0.4, 0.5) is 0 Å². The minimum Gasteiger partial charge on any atom is -0.503 e. The number of benzene rings is 1. The van der Waals surface area contributed by atoms with Gasteiger partial charge in [0.15, 0.2) is 11.3 Å². The number of likely N-dealkylation sites (tertiary alicyclic amines) is 1. The topological polar surface area (TPSA) is 84.0 Å². The van der Waals surface area contributed by atoms with E-state index < -0.39 is 22.6 Å². The standard InChI is InChI=1S/C20H18ClN3O4/c21-14-5-3-4-13(10-14)11-24-9-8-23-12-15(19(27)22-6-1-2-7-22)17(25)18(26)16(23)20(24)28/h3-5,8-10,12,26H,1-2,6-7,11H2. The summed E-state index contributed by atoms with van der Waals surface area (Å²) >= 11 is 5.98. The van der Waals surface area contributed by atoms with Crippen LogP contribution in [0, 0.1) is 0 Å². The lowest BCUT2D eigenvalue weighted by Gasteiger charge is -2.16. The largest absolute Gasteiger partial charge is 0.503 e. The third-order valence-corrected chi connectivity index (χ3v) is 5.18. The quantitative estimate of drug-likeness (QED) is 0.731. The van der Waals surface area contributed by atoms with Crippen LogP contribution in [0.1, 0.15) is 28.8 Å². The van der Waals surface area contributed by atoms with Gasteiger partial charge in [0.2, 0.25) is 5.43 Å². The molecule has 0 spiro atoms. The zero-order chi connectivity index (χ0) is 19.8. The number of fused-ring (bicyclic) bond motifs is 1. The van der Waals surface area contributed by atoms with E-state index in [1.165, 1.54) is 15.2 Å². The molecule has 2 aromatic heterocycles. The van der Waals surface area contributed by atoms with E-state index in [9.17, 15) is 19.5 Å². The summed E-state index contributed by atoms with van der Waals surface area (Å²) in [6.07, 6.45) is 6.19. The molecule has 1 fully saturated rings. The molecule has 4 rings (SSSR count). The van der Waals surface area contributed by atoms with E-state index in [1.807, 2.05) is 6.07 Å². The van der Waals surface area contributed by atoms with Crippen LogP contribution in [-0.4, -0.2) is 38.0 Å². The molecule has 1 N–H and O–H groups in total. The van der Waals surface area contributed by atoms with Gasteiger partial charge in [-0.25, -0.2) is 0 Å². The van der Waals surface area contributed by atoms with Crippen molar-refractivity contribution in [3.63, 3.8) is 0 Å². The van der Waals surface area contributed by atoms with Crippen molar-refractivity contribution in [1.29, 1.82) is 0 Å². The lowest BCUT2D eigenvalue weighted by molar-refractivity contribution is 0.0790. The van der Waals surface area contributed by atoms with E-state index in [-0.39, 0.29) is 17.6 Å². The first-order valence-corrected chi connectivity index (χ1v) is 9.34. The van der Waals surface area contributed by atoms with Gasteiger partial charge in [-0.3, -0.25) is 14.4 Å². The molecular weight excluding hydrogens is 382 g/mol. The first-order valence-electron chi connectivity index (χ1n) is 8.97. The van der Waals surface area contributed by atoms with Crippen LogP contribution in [-0.2, 0) is 6.54 Å². The SMILES string of the molecule is O=C(c1cn2ccn(Cc3cccc(Cl)c3)c(=O)c2c(O)c1=O)N1CCCC1. The molecular formula is C20H18ClN3O4. The molecule has 1 saturated heterocycles. The number of hydrogen-bond acceptors (Lipinski definition) is 4. The fourth-order valence-corrected chi connectivity index (χ4v) is 3.72. The van der Waals surface area contributed by atoms with Crippen molar-refractivity contribution in [1.82, 2.24) is 13.9 Å². The molecule has 3 aromatic rings. The fourth-order valence-electron chi connectivity index (χ4n) is 3.50. The number of aromatic nitrogens is 2. The van der Waals surface area contributed by atoms with Crippen LogP contribution in [0.3, 0.4) is 0 Å². The minimum absolute atomic E-state index is 0.135. The second-order valence-electron chi connectivity index (χ2n) is 6.84. The number of amides is 1. The Labute approximate surface area is 165 Å². The number of nitrogens with zero attached hydrogens (tertiary/aromatic N) is 3. The van der Waals surface area contributed by atoms with Crippen molar-refractivity contribution >= 4 is 23.0 Å². The predicted octanol–water partition coefficient (Wildman–Crippen LogP) is 2.10. The van der Waals surface area contributed by atoms with Crippen LogP contribution in [0.5, 0.6) is 5.75 Å². The maximum Gasteiger partial charge on any atom is 0.279 e. The summed E-state index contributed by atoms with van der Waals surface area (Å²) in [6.45, 7) is 1.41. The Bertz CT molecular complexity index is 1190. The molecule has 144 valence electrons. The maximum absolute atomic E-state index is 12.8. The summed E-state index contributed by atoms with van der Waals surface area (Å²) in [5.41, 5.74) is -0.843. The summed E-state index contributed by atoms with van der Waals surface area (Å²) in [5.74, 6) is -1.13. The highest BCUT2D eigenvalue weighted by molar-refractivity contribution is 6.30. The molecule has 0 bridgehead atoms. The van der Waals surface area contributed by atoms with Gasteiger partial charge < -0.3 is 19.0 Å². The third kappa shape index (κ3) is 3.18. The van der Waals surface area contributed by atoms with Crippen molar-refractivity contribution in [3.05, 3.63) is 79.6 Å². The molecule has 0 atom stereocenters. The second-order valence-corrected chi connectivity index (χ2v) is 7.27. The molecule has 28 heavy (non-hydrogen) atoms. The predicted molar refractivity (Wildman–Crippen MR) is 105 cm³/mol. The molecule has 3 heterocycles. The molecule has 7 nitrogen and oxygen atoms in total. The summed E-state index contributed by atoms with van der Waals surface area (Å²) in [7, 11) is 0. The highest BCUT2D eigenvalue weighted by Gasteiger charge is 2.25. The third-order valence-electron chi connectivity index (χ3n) is 4.95. The van der Waals surface area contributed by atoms with Gasteiger partial charge in [0.1, 0.15) is 5.56 Å². The summed E-state index contributed by atoms with van der Waals surface area (Å²) in [6, 6.07) is 7.08. The van der Waals surface area contributed by atoms with Crippen LogP contribution in [0.25, 0.3) is 5.52 Å². The summed E-state index contributed by atoms with van der Waals surface area (Å²) in [4.78, 5) is 39.6. The van der Waals surface area contributed by atoms with Gasteiger partial charge in [0, 0.05) is 36.7 Å². The van der Waals surface area contributed by atoms with Crippen LogP contribution < -0.4 is 11.0 Å². The molecule has 0 unspecified atom stereocenters. The van der Waals surface area contributed by atoms with Gasteiger partial charge in [-0.15, -0.1) is 0 Å². The van der Waals surface area contributed by atoms with Gasteiger partial charge in [0.25, 0.3) is 11.5 Å². The minimum atomic E-state index is -0.825. The number of aromatic hydroxyl groups is 1. The number of carbonyl (C=O) groups is 1. The van der Waals surface area contributed by atoms with E-state index in [0.717, 1.165) is 18.4 Å². The van der Waals surface area contributed by atoms with Gasteiger partial charge >= 0.3 is 0 Å². The van der Waals surface area contributed by atoms with Gasteiger partial charge in [-0.2, -0.15) is 0 Å². The number of rotatable bonds is 3. The zero-order valence-electron chi connectivity index (χ0n) is 15.0. The average Bonchev–Trinajstić information content (AvgIpc) is 3.21. The Morgan fingerprint density at radius 3 is 2.61 bits per heavy atom. The Morgan fingerprint density at radius 1 is 1.14 bits per heavy atom. The lowest BCUT2D eigenvalue weighted by Crippen LogP contribution is -2.33. The maximum atomic E-state index is 12.8. The van der Waals surface area contributed by atoms with E-state index in [0.29, 0.717) is 18.1 Å². The smallest absolute Gasteiger partial charge is 0.279 e. The Morgan fingerprint density at radius 2 is 1.89 bits per heavy atom. The molecule has 1 aliphatic rings. The van der Waals surface area contributed by atoms with Crippen molar-refractivity contribution in [2.24, 2.45) is 0 Å². The molecule has 1 amide bonds. The Hall–Kier alpha value is -3.06. The van der Waals surface area contributed by atoms with Gasteiger partial charge in [-0.1, -0.05) is 23.7 Å². The first-order chi connectivity index (χ1) is 13.5. The molecule has 1 aliphatic heterocycles. The highest BCUT2D eigenvalue weighted by Crippen LogP contribution is 2.16. The molecule has 1 aromatic carbocycles. The lowest BCUT2D eigenvalue weighted by atomic mass is 10.2. The number of halogens is 1. The normalized spacial score (nSPS) is 14.0. The fraction of sp³-hybridized carbons (Fsp3) is 0.250. The average molecular weight is 400 g/mol. The van der Waals surface area contributed by atoms with E-state index in [4.69, 9.17) is 11.6 Å². The number of pyridine rings is 1. The number of hydrogen-bond donors (Lipinski definition) is 1. The monoisotopic (exact) mass is 399 g/mol. The van der Waals surface area contributed by atoms with Gasteiger partial charge in [0.05, 0.1) is 6.54 Å². The van der Waals surface area contributed by atoms with Crippen molar-refractivity contribution < 1.29 is 9.90 Å². The van der Waals surface area contributed by atoms with Gasteiger partial charge in [-0.05, 0) is 30.5 Å². The van der Waals surface area contributed by atoms with Crippen molar-refractivity contribution in [3.8, 4) is 5.75 Å². The summed E-state index contributed by atoms with van der Waals surface area (Å²) in [5, 5.41) is 11.0. The molecule has 0 aliphatic carbocycles. The highest BCUT2D eigenvalue weighted by atomic mass is 35.5. The van der Waals surface area contributed by atoms with Crippen molar-refractivity contribution in [2.45, 2.75) is 19.4 Å². The number of carbonyl (C=O) groups excluding carboxylic acids is 1. The van der Waals surface area contributed by atoms with E-state index in [2.05, 4.69) is 0 Å². The zero-order valence-corrected chi connectivity index (χ0v) is 15.7. The van der Waals surface area contributed by atoms with Crippen LogP contribution in [0.2, 0.25) is 5.02 Å². The molecule has 8 heteroatoms. The van der Waals surface area contributed by atoms with Crippen LogP contribution >= 0.6 is 11.6 Å². The Balaban J connectivity index is 1.80. The molecule has 0 radical (unpaired) electrons. The summed E-state index contributed by atoms with van der Waals surface area (Å²) < 4.78 is 2.71. The van der Waals surface area contributed by atoms with Crippen molar-refractivity contribution in [2.75, 3.05) is 13.1 Å². The second kappa shape index (κ2) is 7.16. The van der Waals surface area contributed by atoms with Crippen LogP contribution in [0.15, 0.2) is 52.4 Å². The first kappa shape index (κ1) is 18.3.